The molecule has 1 aliphatic heterocycles. The fourth-order valence-corrected chi connectivity index (χ4v) is 3.09. The third kappa shape index (κ3) is 4.17. The zero-order chi connectivity index (χ0) is 18.4. The summed E-state index contributed by atoms with van der Waals surface area (Å²) in [6.07, 6.45) is 1.49. The first-order valence-corrected chi connectivity index (χ1v) is 8.58. The quantitative estimate of drug-likeness (QED) is 0.815. The summed E-state index contributed by atoms with van der Waals surface area (Å²) in [5.74, 6) is 1.42. The van der Waals surface area contributed by atoms with Crippen LogP contribution in [0.4, 0.5) is 0 Å². The first kappa shape index (κ1) is 18.3. The molecule has 0 unspecified atom stereocenters. The molecule has 0 radical (unpaired) electrons. The van der Waals surface area contributed by atoms with Crippen LogP contribution >= 0.6 is 0 Å². The van der Waals surface area contributed by atoms with Gasteiger partial charge in [-0.2, -0.15) is 0 Å². The normalized spacial score (nSPS) is 16.1. The van der Waals surface area contributed by atoms with Crippen molar-refractivity contribution in [2.24, 2.45) is 0 Å². The summed E-state index contributed by atoms with van der Waals surface area (Å²) >= 11 is 0. The van der Waals surface area contributed by atoms with Gasteiger partial charge in [0.15, 0.2) is 17.3 Å². The van der Waals surface area contributed by atoms with Crippen LogP contribution in [0.2, 0.25) is 0 Å². The average molecular weight is 360 g/mol. The number of ether oxygens (including phenoxy) is 3. The minimum Gasteiger partial charge on any atom is -0.493 e. The topological polar surface area (TPSA) is 73.2 Å². The van der Waals surface area contributed by atoms with Crippen molar-refractivity contribution >= 4 is 5.91 Å². The van der Waals surface area contributed by atoms with E-state index in [1.807, 2.05) is 18.2 Å². The van der Waals surface area contributed by atoms with E-state index in [-0.39, 0.29) is 11.9 Å². The minimum atomic E-state index is -0.228. The van der Waals surface area contributed by atoms with Gasteiger partial charge in [-0.1, -0.05) is 6.07 Å². The Hall–Kier alpha value is -2.51. The molecule has 26 heavy (non-hydrogen) atoms. The van der Waals surface area contributed by atoms with Crippen molar-refractivity contribution in [2.45, 2.75) is 6.04 Å². The van der Waals surface area contributed by atoms with Crippen LogP contribution < -0.4 is 14.8 Å². The zero-order valence-corrected chi connectivity index (χ0v) is 15.1. The maximum Gasteiger partial charge on any atom is 0.287 e. The predicted octanol–water partition coefficient (Wildman–Crippen LogP) is 2.10. The second-order valence-corrected chi connectivity index (χ2v) is 5.97. The highest BCUT2D eigenvalue weighted by atomic mass is 16.5. The molecule has 3 rings (SSSR count). The maximum atomic E-state index is 12.3. The number of methoxy groups -OCH3 is 2. The predicted molar refractivity (Wildman–Crippen MR) is 95.7 cm³/mol. The number of hydrogen-bond donors (Lipinski definition) is 1. The van der Waals surface area contributed by atoms with Crippen LogP contribution in [-0.2, 0) is 4.74 Å². The highest BCUT2D eigenvalue weighted by Crippen LogP contribution is 2.32. The van der Waals surface area contributed by atoms with Crippen molar-refractivity contribution in [3.8, 4) is 11.5 Å². The number of benzene rings is 1. The number of hydrogen-bond acceptors (Lipinski definition) is 6. The second-order valence-electron chi connectivity index (χ2n) is 5.97. The summed E-state index contributed by atoms with van der Waals surface area (Å²) in [6.45, 7) is 3.41. The van der Waals surface area contributed by atoms with Gasteiger partial charge < -0.3 is 23.9 Å². The summed E-state index contributed by atoms with van der Waals surface area (Å²) in [4.78, 5) is 14.6. The summed E-state index contributed by atoms with van der Waals surface area (Å²) < 4.78 is 21.4. The molecule has 1 amide bonds. The number of furan rings is 1. The molecular formula is C19H24N2O5. The lowest BCUT2D eigenvalue weighted by Crippen LogP contribution is -2.43. The molecule has 2 aromatic rings. The second kappa shape index (κ2) is 8.73. The molecule has 1 aromatic heterocycles. The van der Waals surface area contributed by atoms with Gasteiger partial charge in [0.05, 0.1) is 39.7 Å². The Labute approximate surface area is 152 Å². The van der Waals surface area contributed by atoms with Crippen molar-refractivity contribution in [3.63, 3.8) is 0 Å². The van der Waals surface area contributed by atoms with Crippen molar-refractivity contribution in [1.29, 1.82) is 0 Å². The highest BCUT2D eigenvalue weighted by Gasteiger charge is 2.25. The number of carbonyl (C=O) groups excluding carboxylic acids is 1. The first-order valence-electron chi connectivity index (χ1n) is 8.58. The van der Waals surface area contributed by atoms with Crippen LogP contribution in [0.25, 0.3) is 0 Å². The number of nitrogens with one attached hydrogen (secondary N) is 1. The molecule has 2 heterocycles. The lowest BCUT2D eigenvalue weighted by molar-refractivity contribution is 0.0161. The maximum absolute atomic E-state index is 12.3. The van der Waals surface area contributed by atoms with E-state index < -0.39 is 0 Å². The van der Waals surface area contributed by atoms with Crippen molar-refractivity contribution in [1.82, 2.24) is 10.2 Å². The van der Waals surface area contributed by atoms with Crippen molar-refractivity contribution in [3.05, 3.63) is 47.9 Å². The lowest BCUT2D eigenvalue weighted by atomic mass is 10.0. The average Bonchev–Trinajstić information content (AvgIpc) is 3.23. The van der Waals surface area contributed by atoms with E-state index in [0.29, 0.717) is 37.0 Å². The lowest BCUT2D eigenvalue weighted by Gasteiger charge is -2.35. The Morgan fingerprint density at radius 2 is 1.96 bits per heavy atom. The van der Waals surface area contributed by atoms with Gasteiger partial charge in [-0.15, -0.1) is 0 Å². The van der Waals surface area contributed by atoms with Gasteiger partial charge in [-0.25, -0.2) is 0 Å². The van der Waals surface area contributed by atoms with E-state index in [0.717, 1.165) is 18.7 Å². The molecule has 0 spiro atoms. The number of rotatable bonds is 7. The van der Waals surface area contributed by atoms with Crippen LogP contribution in [0.3, 0.4) is 0 Å². The van der Waals surface area contributed by atoms with Crippen molar-refractivity contribution < 1.29 is 23.4 Å². The van der Waals surface area contributed by atoms with Crippen LogP contribution in [0.5, 0.6) is 11.5 Å². The smallest absolute Gasteiger partial charge is 0.287 e. The van der Waals surface area contributed by atoms with Gasteiger partial charge in [0.25, 0.3) is 5.91 Å². The molecule has 140 valence electrons. The standard InChI is InChI=1S/C19H24N2O5/c1-23-16-6-5-14(12-18(16)24-2)15(21-7-10-25-11-8-21)13-20-19(22)17-4-3-9-26-17/h3-6,9,12,15H,7-8,10-11,13H2,1-2H3,(H,20,22)/t15-/m0/s1. The molecular weight excluding hydrogens is 336 g/mol. The van der Waals surface area contributed by atoms with Gasteiger partial charge >= 0.3 is 0 Å². The van der Waals surface area contributed by atoms with E-state index >= 15 is 0 Å². The Kier molecular flexibility index (Phi) is 6.14. The van der Waals surface area contributed by atoms with E-state index in [9.17, 15) is 4.79 Å². The van der Waals surface area contributed by atoms with E-state index in [1.54, 1.807) is 26.4 Å². The summed E-state index contributed by atoms with van der Waals surface area (Å²) in [5, 5.41) is 2.96. The third-order valence-corrected chi connectivity index (χ3v) is 4.48. The molecule has 1 saturated heterocycles. The molecule has 0 saturated carbocycles. The molecule has 7 nitrogen and oxygen atoms in total. The van der Waals surface area contributed by atoms with Gasteiger partial charge in [-0.05, 0) is 29.8 Å². The Balaban J connectivity index is 1.79. The minimum absolute atomic E-state index is 0.00221. The fourth-order valence-electron chi connectivity index (χ4n) is 3.09. The van der Waals surface area contributed by atoms with E-state index in [1.165, 1.54) is 6.26 Å². The SMILES string of the molecule is COc1ccc([C@H](CNC(=O)c2ccco2)N2CCOCC2)cc1OC. The van der Waals surface area contributed by atoms with Gasteiger partial charge in [0.1, 0.15) is 0 Å². The number of nitrogens with zero attached hydrogens (tertiary/aromatic N) is 1. The van der Waals surface area contributed by atoms with Gasteiger partial charge in [-0.3, -0.25) is 9.69 Å². The van der Waals surface area contributed by atoms with E-state index in [2.05, 4.69) is 10.2 Å². The Morgan fingerprint density at radius 3 is 2.62 bits per heavy atom. The molecule has 0 aliphatic carbocycles. The Morgan fingerprint density at radius 1 is 1.19 bits per heavy atom. The largest absolute Gasteiger partial charge is 0.493 e. The van der Waals surface area contributed by atoms with Crippen LogP contribution in [0.1, 0.15) is 22.2 Å². The molecule has 1 aromatic carbocycles. The Bertz CT molecular complexity index is 711. The third-order valence-electron chi connectivity index (χ3n) is 4.48. The fraction of sp³-hybridized carbons (Fsp3) is 0.421. The summed E-state index contributed by atoms with van der Waals surface area (Å²) in [6, 6.07) is 9.18. The molecule has 1 atom stereocenters. The van der Waals surface area contributed by atoms with Crippen LogP contribution in [0.15, 0.2) is 41.0 Å². The zero-order valence-electron chi connectivity index (χ0n) is 15.1. The summed E-state index contributed by atoms with van der Waals surface area (Å²) in [7, 11) is 3.23. The van der Waals surface area contributed by atoms with Crippen LogP contribution in [-0.4, -0.2) is 57.9 Å². The number of morpholine rings is 1. The highest BCUT2D eigenvalue weighted by molar-refractivity contribution is 5.91. The molecule has 1 aliphatic rings. The van der Waals surface area contributed by atoms with Crippen LogP contribution in [0, 0.1) is 0 Å². The summed E-state index contributed by atoms with van der Waals surface area (Å²) in [5.41, 5.74) is 1.05. The van der Waals surface area contributed by atoms with Crippen molar-refractivity contribution in [2.75, 3.05) is 47.1 Å². The first-order chi connectivity index (χ1) is 12.7. The molecule has 1 N–H and O–H groups in total. The number of carbonyl (C=O) groups is 1. The van der Waals surface area contributed by atoms with E-state index in [4.69, 9.17) is 18.6 Å². The molecule has 0 bridgehead atoms. The van der Waals surface area contributed by atoms with Gasteiger partial charge in [0, 0.05) is 19.6 Å². The monoisotopic (exact) mass is 360 g/mol. The molecule has 1 fully saturated rings. The number of amides is 1. The molecule has 7 heteroatoms. The van der Waals surface area contributed by atoms with Gasteiger partial charge in [0.2, 0.25) is 0 Å².